The van der Waals surface area contributed by atoms with E-state index >= 15 is 0 Å². The van der Waals surface area contributed by atoms with Crippen LogP contribution in [0.15, 0.2) is 0 Å². The van der Waals surface area contributed by atoms with E-state index < -0.39 is 24.1 Å². The lowest BCUT2D eigenvalue weighted by Crippen LogP contribution is -2.47. The predicted octanol–water partition coefficient (Wildman–Crippen LogP) is -0.671. The van der Waals surface area contributed by atoms with Crippen LogP contribution in [0.3, 0.4) is 0 Å². The molecule has 12 nitrogen and oxygen atoms in total. The van der Waals surface area contributed by atoms with Crippen molar-refractivity contribution in [2.24, 2.45) is 28.7 Å². The monoisotopic (exact) mass is 461 g/mol. The van der Waals surface area contributed by atoms with Crippen molar-refractivity contribution in [2.75, 3.05) is 45.9 Å². The molecule has 32 heavy (non-hydrogen) atoms. The standard InChI is InChI=1S/C20H43N7O5/c21-9-3-1-7-16(24)14-32-20(30)27(12-6-5-11-23)13-18(28)26-17(8-2-4-10-22)15-31-19(25)29/h16-17H,1-15,21-24H2,(H2,25,29)(H,26,28)/t16-,17+/m1/s1. The number of primary amides is 1. The molecule has 0 aromatic carbocycles. The highest BCUT2D eigenvalue weighted by Crippen LogP contribution is 2.05. The molecule has 12 heteroatoms. The largest absolute Gasteiger partial charge is 0.448 e. The van der Waals surface area contributed by atoms with Crippen LogP contribution >= 0.6 is 0 Å². The molecule has 0 aromatic heterocycles. The molecular formula is C20H43N7O5. The van der Waals surface area contributed by atoms with Crippen LogP contribution in [-0.2, 0) is 14.3 Å². The molecular weight excluding hydrogens is 418 g/mol. The molecule has 11 N–H and O–H groups in total. The van der Waals surface area contributed by atoms with E-state index in [1.54, 1.807) is 0 Å². The number of unbranched alkanes of at least 4 members (excludes halogenated alkanes) is 3. The van der Waals surface area contributed by atoms with E-state index in [0.29, 0.717) is 51.9 Å². The van der Waals surface area contributed by atoms with E-state index in [-0.39, 0.29) is 25.8 Å². The number of nitrogens with one attached hydrogen (secondary N) is 1. The molecule has 188 valence electrons. The summed E-state index contributed by atoms with van der Waals surface area (Å²) in [4.78, 5) is 37.3. The number of rotatable bonds is 19. The Balaban J connectivity index is 4.79. The van der Waals surface area contributed by atoms with Crippen LogP contribution in [0.25, 0.3) is 0 Å². The number of nitrogens with two attached hydrogens (primary N) is 5. The van der Waals surface area contributed by atoms with Gasteiger partial charge in [0.25, 0.3) is 0 Å². The van der Waals surface area contributed by atoms with Gasteiger partial charge in [0.05, 0.1) is 6.04 Å². The molecule has 0 aliphatic rings. The summed E-state index contributed by atoms with van der Waals surface area (Å²) in [5.74, 6) is -0.396. The molecule has 0 saturated heterocycles. The third kappa shape index (κ3) is 16.5. The van der Waals surface area contributed by atoms with E-state index in [4.69, 9.17) is 38.1 Å². The Labute approximate surface area is 190 Å². The van der Waals surface area contributed by atoms with Crippen LogP contribution < -0.4 is 34.0 Å². The Morgan fingerprint density at radius 3 is 2.00 bits per heavy atom. The first-order chi connectivity index (χ1) is 15.3. The van der Waals surface area contributed by atoms with Gasteiger partial charge < -0.3 is 43.5 Å². The molecule has 0 bridgehead atoms. The summed E-state index contributed by atoms with van der Waals surface area (Å²) in [6.45, 7) is 1.72. The minimum absolute atomic E-state index is 0.0546. The Kier molecular flexibility index (Phi) is 18.2. The first-order valence-corrected chi connectivity index (χ1v) is 11.3. The topological polar surface area (TPSA) is 215 Å². The quantitative estimate of drug-likeness (QED) is 0.134. The first-order valence-electron chi connectivity index (χ1n) is 11.3. The normalized spacial score (nSPS) is 12.6. The van der Waals surface area contributed by atoms with Gasteiger partial charge in [-0.25, -0.2) is 9.59 Å². The zero-order chi connectivity index (χ0) is 24.2. The lowest BCUT2D eigenvalue weighted by molar-refractivity contribution is -0.123. The maximum Gasteiger partial charge on any atom is 0.410 e. The number of amides is 3. The molecule has 0 aromatic rings. The van der Waals surface area contributed by atoms with Gasteiger partial charge in [-0.3, -0.25) is 9.69 Å². The fourth-order valence-corrected chi connectivity index (χ4v) is 2.95. The molecule has 0 spiro atoms. The van der Waals surface area contributed by atoms with Gasteiger partial charge in [0, 0.05) is 12.6 Å². The van der Waals surface area contributed by atoms with Crippen molar-refractivity contribution in [2.45, 2.75) is 63.5 Å². The van der Waals surface area contributed by atoms with E-state index in [9.17, 15) is 14.4 Å². The number of nitrogens with zero attached hydrogens (tertiary/aromatic N) is 1. The van der Waals surface area contributed by atoms with Crippen LogP contribution in [0.1, 0.15) is 51.4 Å². The van der Waals surface area contributed by atoms with Crippen LogP contribution in [0, 0.1) is 0 Å². The second-order valence-electron chi connectivity index (χ2n) is 7.72. The second-order valence-corrected chi connectivity index (χ2v) is 7.72. The van der Waals surface area contributed by atoms with E-state index in [1.165, 1.54) is 4.90 Å². The van der Waals surface area contributed by atoms with Gasteiger partial charge in [-0.1, -0.05) is 12.8 Å². The van der Waals surface area contributed by atoms with Gasteiger partial charge in [0.2, 0.25) is 5.91 Å². The Morgan fingerprint density at radius 1 is 0.812 bits per heavy atom. The highest BCUT2D eigenvalue weighted by Gasteiger charge is 2.21. The van der Waals surface area contributed by atoms with Crippen molar-refractivity contribution in [3.63, 3.8) is 0 Å². The lowest BCUT2D eigenvalue weighted by Gasteiger charge is -2.24. The zero-order valence-corrected chi connectivity index (χ0v) is 19.1. The summed E-state index contributed by atoms with van der Waals surface area (Å²) in [7, 11) is 0. The van der Waals surface area contributed by atoms with Gasteiger partial charge >= 0.3 is 12.2 Å². The minimum Gasteiger partial charge on any atom is -0.448 e. The van der Waals surface area contributed by atoms with Crippen molar-refractivity contribution in [3.8, 4) is 0 Å². The number of hydrogen-bond acceptors (Lipinski definition) is 9. The maximum absolute atomic E-state index is 12.6. The second kappa shape index (κ2) is 19.5. The van der Waals surface area contributed by atoms with E-state index in [0.717, 1.165) is 25.7 Å². The van der Waals surface area contributed by atoms with Crippen LogP contribution in [0.4, 0.5) is 9.59 Å². The van der Waals surface area contributed by atoms with Crippen molar-refractivity contribution in [1.29, 1.82) is 0 Å². The molecule has 0 saturated carbocycles. The first kappa shape index (κ1) is 29.9. The third-order valence-corrected chi connectivity index (χ3v) is 4.72. The molecule has 2 atom stereocenters. The molecule has 0 aliphatic carbocycles. The van der Waals surface area contributed by atoms with Gasteiger partial charge in [-0.15, -0.1) is 0 Å². The highest BCUT2D eigenvalue weighted by atomic mass is 16.6. The van der Waals surface area contributed by atoms with Gasteiger partial charge in [-0.05, 0) is 58.2 Å². The number of carbonyl (C=O) groups excluding carboxylic acids is 3. The summed E-state index contributed by atoms with van der Waals surface area (Å²) in [6.07, 6.45) is 4.30. The molecule has 0 radical (unpaired) electrons. The summed E-state index contributed by atoms with van der Waals surface area (Å²) in [6, 6.07) is -0.720. The Hall–Kier alpha value is -2.15. The molecule has 0 aliphatic heterocycles. The molecule has 0 rings (SSSR count). The Bertz CT molecular complexity index is 525. The highest BCUT2D eigenvalue weighted by molar-refractivity contribution is 5.82. The van der Waals surface area contributed by atoms with Crippen LogP contribution in [0.5, 0.6) is 0 Å². The lowest BCUT2D eigenvalue weighted by atomic mass is 10.1. The molecule has 0 heterocycles. The summed E-state index contributed by atoms with van der Waals surface area (Å²) in [5.41, 5.74) is 27.5. The predicted molar refractivity (Wildman–Crippen MR) is 122 cm³/mol. The number of hydrogen-bond donors (Lipinski definition) is 6. The van der Waals surface area contributed by atoms with Gasteiger partial charge in [0.1, 0.15) is 19.8 Å². The molecule has 3 amide bonds. The maximum atomic E-state index is 12.6. The van der Waals surface area contributed by atoms with E-state index in [2.05, 4.69) is 5.32 Å². The summed E-state index contributed by atoms with van der Waals surface area (Å²) >= 11 is 0. The van der Waals surface area contributed by atoms with Gasteiger partial charge in [0.15, 0.2) is 0 Å². The number of ether oxygens (including phenoxy) is 2. The van der Waals surface area contributed by atoms with Gasteiger partial charge in [-0.2, -0.15) is 0 Å². The van der Waals surface area contributed by atoms with Crippen molar-refractivity contribution >= 4 is 18.1 Å². The average Bonchev–Trinajstić information content (AvgIpc) is 2.75. The van der Waals surface area contributed by atoms with Crippen LogP contribution in [0.2, 0.25) is 0 Å². The fourth-order valence-electron chi connectivity index (χ4n) is 2.95. The molecule has 0 unspecified atom stereocenters. The number of carbonyl (C=O) groups is 3. The average molecular weight is 462 g/mol. The zero-order valence-electron chi connectivity index (χ0n) is 19.1. The SMILES string of the molecule is NCCCC[C@@H](N)COC(=O)N(CCCCN)CC(=O)N[C@@H](CCCCN)COC(N)=O. The minimum atomic E-state index is -0.919. The summed E-state index contributed by atoms with van der Waals surface area (Å²) in [5, 5.41) is 2.78. The van der Waals surface area contributed by atoms with E-state index in [1.807, 2.05) is 0 Å². The van der Waals surface area contributed by atoms with Crippen molar-refractivity contribution in [1.82, 2.24) is 10.2 Å². The van der Waals surface area contributed by atoms with Crippen molar-refractivity contribution in [3.05, 3.63) is 0 Å². The van der Waals surface area contributed by atoms with Crippen molar-refractivity contribution < 1.29 is 23.9 Å². The third-order valence-electron chi connectivity index (χ3n) is 4.72. The summed E-state index contributed by atoms with van der Waals surface area (Å²) < 4.78 is 10.1. The smallest absolute Gasteiger partial charge is 0.410 e. The van der Waals surface area contributed by atoms with Crippen LogP contribution in [-0.4, -0.2) is 81.0 Å². The Morgan fingerprint density at radius 2 is 1.41 bits per heavy atom. The fraction of sp³-hybridized carbons (Fsp3) is 0.850. The molecule has 0 fully saturated rings.